The predicted octanol–water partition coefficient (Wildman–Crippen LogP) is 3.60. The summed E-state index contributed by atoms with van der Waals surface area (Å²) >= 11 is 0. The lowest BCUT2D eigenvalue weighted by Crippen LogP contribution is -2.39. The summed E-state index contributed by atoms with van der Waals surface area (Å²) in [5.74, 6) is 0. The van der Waals surface area contributed by atoms with Gasteiger partial charge in [0, 0.05) is 24.8 Å². The van der Waals surface area contributed by atoms with Crippen LogP contribution in [0.15, 0.2) is 18.2 Å². The standard InChI is InChI=1S/C16H26N2/c1-3-6-14(7-4-2)18-11-10-15-13(12-18)8-5-9-16(15)17/h5,8-9,14H,3-4,6-7,10-12,17H2,1-2H3. The van der Waals surface area contributed by atoms with Crippen molar-refractivity contribution in [2.24, 2.45) is 0 Å². The molecule has 2 rings (SSSR count). The van der Waals surface area contributed by atoms with Crippen molar-refractivity contribution >= 4 is 5.69 Å². The van der Waals surface area contributed by atoms with E-state index in [1.807, 2.05) is 6.07 Å². The molecule has 0 atom stereocenters. The van der Waals surface area contributed by atoms with Crippen molar-refractivity contribution in [2.45, 2.75) is 58.5 Å². The van der Waals surface area contributed by atoms with Crippen LogP contribution >= 0.6 is 0 Å². The van der Waals surface area contributed by atoms with Crippen LogP contribution in [0.3, 0.4) is 0 Å². The van der Waals surface area contributed by atoms with E-state index in [0.29, 0.717) is 0 Å². The van der Waals surface area contributed by atoms with Gasteiger partial charge in [-0.2, -0.15) is 0 Å². The molecule has 18 heavy (non-hydrogen) atoms. The molecule has 0 aromatic heterocycles. The summed E-state index contributed by atoms with van der Waals surface area (Å²) in [5, 5.41) is 0. The van der Waals surface area contributed by atoms with Gasteiger partial charge in [-0.05, 0) is 36.5 Å². The normalized spacial score (nSPS) is 15.9. The number of benzene rings is 1. The maximum absolute atomic E-state index is 6.06. The second-order valence-corrected chi connectivity index (χ2v) is 5.44. The van der Waals surface area contributed by atoms with E-state index in [1.54, 1.807) is 0 Å². The zero-order valence-electron chi connectivity index (χ0n) is 11.8. The van der Waals surface area contributed by atoms with E-state index in [9.17, 15) is 0 Å². The van der Waals surface area contributed by atoms with Crippen molar-refractivity contribution in [1.82, 2.24) is 4.90 Å². The fraction of sp³-hybridized carbons (Fsp3) is 0.625. The minimum absolute atomic E-state index is 0.759. The third kappa shape index (κ3) is 2.86. The number of nitrogens with zero attached hydrogens (tertiary/aromatic N) is 1. The Balaban J connectivity index is 2.10. The Hall–Kier alpha value is -1.02. The molecule has 0 bridgehead atoms. The SMILES string of the molecule is CCCC(CCC)N1CCc2c(N)cccc2C1. The Bertz CT molecular complexity index is 381. The molecule has 0 unspecified atom stereocenters. The summed E-state index contributed by atoms with van der Waals surface area (Å²) in [7, 11) is 0. The average Bonchev–Trinajstić information content (AvgIpc) is 2.38. The highest BCUT2D eigenvalue weighted by atomic mass is 15.2. The zero-order valence-corrected chi connectivity index (χ0v) is 11.8. The molecule has 2 N–H and O–H groups in total. The summed E-state index contributed by atoms with van der Waals surface area (Å²) in [6.07, 6.45) is 6.33. The number of hydrogen-bond acceptors (Lipinski definition) is 2. The molecule has 0 fully saturated rings. The third-order valence-corrected chi connectivity index (χ3v) is 4.09. The van der Waals surface area contributed by atoms with Gasteiger partial charge in [0.2, 0.25) is 0 Å². The Morgan fingerprint density at radius 3 is 2.61 bits per heavy atom. The average molecular weight is 246 g/mol. The Morgan fingerprint density at radius 2 is 1.94 bits per heavy atom. The zero-order chi connectivity index (χ0) is 13.0. The molecule has 0 saturated carbocycles. The molecule has 1 aromatic carbocycles. The van der Waals surface area contributed by atoms with Gasteiger partial charge in [0.05, 0.1) is 0 Å². The Kier molecular flexibility index (Phi) is 4.65. The third-order valence-electron chi connectivity index (χ3n) is 4.09. The Labute approximate surface area is 111 Å². The van der Waals surface area contributed by atoms with Gasteiger partial charge in [-0.3, -0.25) is 4.90 Å². The molecule has 0 spiro atoms. The summed E-state index contributed by atoms with van der Waals surface area (Å²) in [6.45, 7) is 6.84. The van der Waals surface area contributed by atoms with Crippen LogP contribution in [0.25, 0.3) is 0 Å². The lowest BCUT2D eigenvalue weighted by atomic mass is 9.95. The first-order valence-electron chi connectivity index (χ1n) is 7.36. The second-order valence-electron chi connectivity index (χ2n) is 5.44. The van der Waals surface area contributed by atoms with Gasteiger partial charge < -0.3 is 5.73 Å². The maximum Gasteiger partial charge on any atom is 0.0350 e. The number of nitrogens with two attached hydrogens (primary N) is 1. The number of fused-ring (bicyclic) bond motifs is 1. The number of hydrogen-bond donors (Lipinski definition) is 1. The van der Waals surface area contributed by atoms with Gasteiger partial charge in [0.1, 0.15) is 0 Å². The van der Waals surface area contributed by atoms with Gasteiger partial charge >= 0.3 is 0 Å². The van der Waals surface area contributed by atoms with E-state index >= 15 is 0 Å². The van der Waals surface area contributed by atoms with Crippen molar-refractivity contribution in [3.8, 4) is 0 Å². The van der Waals surface area contributed by atoms with E-state index < -0.39 is 0 Å². The highest BCUT2D eigenvalue weighted by Gasteiger charge is 2.23. The summed E-state index contributed by atoms with van der Waals surface area (Å²) < 4.78 is 0. The van der Waals surface area contributed by atoms with Gasteiger partial charge in [0.25, 0.3) is 0 Å². The first kappa shape index (κ1) is 13.4. The van der Waals surface area contributed by atoms with Crippen LogP contribution in [0.1, 0.15) is 50.7 Å². The lowest BCUT2D eigenvalue weighted by Gasteiger charge is -2.36. The summed E-state index contributed by atoms with van der Waals surface area (Å²) in [4.78, 5) is 2.66. The maximum atomic E-state index is 6.06. The van der Waals surface area contributed by atoms with Crippen LogP contribution in [0.5, 0.6) is 0 Å². The summed E-state index contributed by atoms with van der Waals surface area (Å²) in [6, 6.07) is 7.12. The van der Waals surface area contributed by atoms with E-state index in [1.165, 1.54) is 43.4 Å². The molecule has 1 aliphatic rings. The van der Waals surface area contributed by atoms with Crippen LogP contribution in [-0.2, 0) is 13.0 Å². The number of rotatable bonds is 5. The van der Waals surface area contributed by atoms with Crippen molar-refractivity contribution < 1.29 is 0 Å². The Morgan fingerprint density at radius 1 is 1.22 bits per heavy atom. The van der Waals surface area contributed by atoms with Crippen LogP contribution < -0.4 is 5.73 Å². The van der Waals surface area contributed by atoms with Crippen LogP contribution in [0, 0.1) is 0 Å². The molecule has 1 heterocycles. The molecule has 2 nitrogen and oxygen atoms in total. The second kappa shape index (κ2) is 6.24. The molecular formula is C16H26N2. The predicted molar refractivity (Wildman–Crippen MR) is 78.6 cm³/mol. The molecular weight excluding hydrogens is 220 g/mol. The highest BCUT2D eigenvalue weighted by molar-refractivity contribution is 5.51. The number of nitrogen functional groups attached to an aromatic ring is 1. The van der Waals surface area contributed by atoms with Crippen molar-refractivity contribution in [2.75, 3.05) is 12.3 Å². The molecule has 0 saturated heterocycles. The van der Waals surface area contributed by atoms with E-state index in [2.05, 4.69) is 30.9 Å². The van der Waals surface area contributed by atoms with Gasteiger partial charge in [-0.1, -0.05) is 38.8 Å². The van der Waals surface area contributed by atoms with Crippen molar-refractivity contribution in [1.29, 1.82) is 0 Å². The first-order chi connectivity index (χ1) is 8.76. The van der Waals surface area contributed by atoms with Gasteiger partial charge in [-0.25, -0.2) is 0 Å². The number of anilines is 1. The van der Waals surface area contributed by atoms with E-state index in [-0.39, 0.29) is 0 Å². The van der Waals surface area contributed by atoms with Crippen LogP contribution in [0.2, 0.25) is 0 Å². The first-order valence-corrected chi connectivity index (χ1v) is 7.36. The monoisotopic (exact) mass is 246 g/mol. The molecule has 0 amide bonds. The largest absolute Gasteiger partial charge is 0.398 e. The van der Waals surface area contributed by atoms with Crippen molar-refractivity contribution in [3.63, 3.8) is 0 Å². The topological polar surface area (TPSA) is 29.3 Å². The summed E-state index contributed by atoms with van der Waals surface area (Å²) in [5.41, 5.74) is 9.88. The van der Waals surface area contributed by atoms with Gasteiger partial charge in [-0.15, -0.1) is 0 Å². The van der Waals surface area contributed by atoms with Gasteiger partial charge in [0.15, 0.2) is 0 Å². The minimum Gasteiger partial charge on any atom is -0.398 e. The highest BCUT2D eigenvalue weighted by Crippen LogP contribution is 2.27. The van der Waals surface area contributed by atoms with Crippen LogP contribution in [-0.4, -0.2) is 17.5 Å². The molecule has 1 aliphatic heterocycles. The van der Waals surface area contributed by atoms with E-state index in [0.717, 1.165) is 24.7 Å². The molecule has 0 aliphatic carbocycles. The smallest absolute Gasteiger partial charge is 0.0350 e. The minimum atomic E-state index is 0.759. The van der Waals surface area contributed by atoms with Crippen LogP contribution in [0.4, 0.5) is 5.69 Å². The quantitative estimate of drug-likeness (QED) is 0.804. The molecule has 0 radical (unpaired) electrons. The van der Waals surface area contributed by atoms with Crippen molar-refractivity contribution in [3.05, 3.63) is 29.3 Å². The van der Waals surface area contributed by atoms with E-state index in [4.69, 9.17) is 5.73 Å². The molecule has 1 aromatic rings. The molecule has 2 heteroatoms. The fourth-order valence-corrected chi connectivity index (χ4v) is 3.15. The fourth-order valence-electron chi connectivity index (χ4n) is 3.15. The lowest BCUT2D eigenvalue weighted by molar-refractivity contribution is 0.159. The molecule has 100 valence electrons.